The van der Waals surface area contributed by atoms with Gasteiger partial charge in [0.1, 0.15) is 5.75 Å². The monoisotopic (exact) mass is 295 g/mol. The fraction of sp³-hybridized carbons (Fsp3) is 0.533. The largest absolute Gasteiger partial charge is 0.493 e. The molecule has 0 aromatic carbocycles. The Morgan fingerprint density at radius 2 is 1.52 bits per heavy atom. The lowest BCUT2D eigenvalue weighted by Crippen LogP contribution is -2.09. The summed E-state index contributed by atoms with van der Waals surface area (Å²) in [5.74, 6) is -2.32. The van der Waals surface area contributed by atoms with E-state index in [1.807, 2.05) is 0 Å². The molecule has 0 aliphatic rings. The number of aromatic carboxylic acids is 2. The first-order chi connectivity index (χ1) is 10.0. The zero-order valence-corrected chi connectivity index (χ0v) is 12.2. The Kier molecular flexibility index (Phi) is 7.21. The van der Waals surface area contributed by atoms with Gasteiger partial charge in [0, 0.05) is 12.1 Å². The van der Waals surface area contributed by atoms with Crippen molar-refractivity contribution in [3.05, 3.63) is 23.5 Å². The number of hydrogen-bond acceptors (Lipinski definition) is 4. The molecule has 1 heterocycles. The van der Waals surface area contributed by atoms with Crippen molar-refractivity contribution in [1.29, 1.82) is 0 Å². The molecule has 0 radical (unpaired) electrons. The molecule has 0 bridgehead atoms. The summed E-state index contributed by atoms with van der Waals surface area (Å²) in [6.45, 7) is 2.60. The third kappa shape index (κ3) is 6.25. The molecule has 6 heteroatoms. The molecule has 21 heavy (non-hydrogen) atoms. The molecular weight excluding hydrogens is 274 g/mol. The molecule has 0 fully saturated rings. The number of carboxylic acids is 2. The maximum Gasteiger partial charge on any atom is 0.354 e. The summed E-state index contributed by atoms with van der Waals surface area (Å²) >= 11 is 0. The lowest BCUT2D eigenvalue weighted by atomic mass is 10.1. The molecule has 0 aliphatic carbocycles. The van der Waals surface area contributed by atoms with Crippen LogP contribution in [0.25, 0.3) is 0 Å². The van der Waals surface area contributed by atoms with Crippen molar-refractivity contribution in [1.82, 2.24) is 4.98 Å². The Hall–Kier alpha value is -2.11. The van der Waals surface area contributed by atoms with Crippen LogP contribution < -0.4 is 4.74 Å². The Labute approximate surface area is 123 Å². The molecule has 0 atom stereocenters. The second-order valence-corrected chi connectivity index (χ2v) is 4.80. The summed E-state index contributed by atoms with van der Waals surface area (Å²) in [5.41, 5.74) is -0.652. The first-order valence-corrected chi connectivity index (χ1v) is 7.16. The van der Waals surface area contributed by atoms with Gasteiger partial charge in [-0.1, -0.05) is 39.0 Å². The quantitative estimate of drug-likeness (QED) is 0.643. The summed E-state index contributed by atoms with van der Waals surface area (Å²) in [5, 5.41) is 17.8. The van der Waals surface area contributed by atoms with E-state index in [-0.39, 0.29) is 17.1 Å². The van der Waals surface area contributed by atoms with Crippen molar-refractivity contribution in [2.75, 3.05) is 6.61 Å². The fourth-order valence-corrected chi connectivity index (χ4v) is 1.88. The molecule has 6 nitrogen and oxygen atoms in total. The summed E-state index contributed by atoms with van der Waals surface area (Å²) in [7, 11) is 0. The van der Waals surface area contributed by atoms with E-state index in [2.05, 4.69) is 11.9 Å². The van der Waals surface area contributed by atoms with Crippen molar-refractivity contribution in [2.45, 2.75) is 45.4 Å². The summed E-state index contributed by atoms with van der Waals surface area (Å²) < 4.78 is 5.43. The van der Waals surface area contributed by atoms with E-state index in [0.29, 0.717) is 6.61 Å². The van der Waals surface area contributed by atoms with Crippen LogP contribution in [0.5, 0.6) is 5.75 Å². The van der Waals surface area contributed by atoms with Gasteiger partial charge in [0.25, 0.3) is 0 Å². The van der Waals surface area contributed by atoms with E-state index in [4.69, 9.17) is 14.9 Å². The maximum absolute atomic E-state index is 10.9. The Morgan fingerprint density at radius 1 is 1.00 bits per heavy atom. The van der Waals surface area contributed by atoms with Crippen molar-refractivity contribution < 1.29 is 24.5 Å². The third-order valence-electron chi connectivity index (χ3n) is 3.00. The molecule has 0 aliphatic heterocycles. The second kappa shape index (κ2) is 8.94. The zero-order valence-electron chi connectivity index (χ0n) is 12.2. The summed E-state index contributed by atoms with van der Waals surface area (Å²) in [6, 6.07) is 2.48. The minimum Gasteiger partial charge on any atom is -0.493 e. The molecule has 0 saturated carbocycles. The average molecular weight is 295 g/mol. The highest BCUT2D eigenvalue weighted by Gasteiger charge is 2.13. The number of carboxylic acid groups (broad SMARTS) is 2. The van der Waals surface area contributed by atoms with E-state index in [1.54, 1.807) is 0 Å². The van der Waals surface area contributed by atoms with Crippen LogP contribution in [0.3, 0.4) is 0 Å². The van der Waals surface area contributed by atoms with Crippen LogP contribution in [-0.4, -0.2) is 33.7 Å². The summed E-state index contributed by atoms with van der Waals surface area (Å²) in [6.07, 6.45) is 6.69. The Balaban J connectivity index is 2.50. The van der Waals surface area contributed by atoms with Gasteiger partial charge in [-0.15, -0.1) is 0 Å². The van der Waals surface area contributed by atoms with Crippen molar-refractivity contribution in [3.63, 3.8) is 0 Å². The van der Waals surface area contributed by atoms with Gasteiger partial charge in [0.2, 0.25) is 0 Å². The first kappa shape index (κ1) is 16.9. The lowest BCUT2D eigenvalue weighted by molar-refractivity contribution is 0.0684. The zero-order chi connectivity index (χ0) is 15.7. The standard InChI is InChI=1S/C15H21NO5/c1-2-3-4-5-6-7-8-21-11-9-12(14(17)18)16-13(10-11)15(19)20/h9-10H,2-8H2,1H3,(H,17,18)(H,19,20). The third-order valence-corrected chi connectivity index (χ3v) is 3.00. The Bertz CT molecular complexity index is 455. The number of hydrogen-bond donors (Lipinski definition) is 2. The number of carbonyl (C=O) groups is 2. The molecule has 0 spiro atoms. The van der Waals surface area contributed by atoms with E-state index < -0.39 is 11.9 Å². The molecule has 0 amide bonds. The average Bonchev–Trinajstić information content (AvgIpc) is 2.46. The predicted molar refractivity (Wildman–Crippen MR) is 77.0 cm³/mol. The minimum absolute atomic E-state index is 0.230. The van der Waals surface area contributed by atoms with Gasteiger partial charge in [-0.2, -0.15) is 0 Å². The van der Waals surface area contributed by atoms with Crippen LogP contribution in [-0.2, 0) is 0 Å². The van der Waals surface area contributed by atoms with Gasteiger partial charge < -0.3 is 14.9 Å². The highest BCUT2D eigenvalue weighted by atomic mass is 16.5. The van der Waals surface area contributed by atoms with Crippen LogP contribution in [0.4, 0.5) is 0 Å². The van der Waals surface area contributed by atoms with Crippen molar-refractivity contribution in [2.24, 2.45) is 0 Å². The Morgan fingerprint density at radius 3 is 2.05 bits per heavy atom. The van der Waals surface area contributed by atoms with Gasteiger partial charge in [-0.25, -0.2) is 14.6 Å². The van der Waals surface area contributed by atoms with Crippen LogP contribution in [0, 0.1) is 0 Å². The van der Waals surface area contributed by atoms with E-state index >= 15 is 0 Å². The first-order valence-electron chi connectivity index (χ1n) is 7.16. The number of unbranched alkanes of at least 4 members (excludes halogenated alkanes) is 5. The number of rotatable bonds is 10. The van der Waals surface area contributed by atoms with Crippen molar-refractivity contribution in [3.8, 4) is 5.75 Å². The topological polar surface area (TPSA) is 96.7 Å². The maximum atomic E-state index is 10.9. The second-order valence-electron chi connectivity index (χ2n) is 4.80. The number of pyridine rings is 1. The van der Waals surface area contributed by atoms with Gasteiger partial charge in [0.15, 0.2) is 11.4 Å². The van der Waals surface area contributed by atoms with E-state index in [1.165, 1.54) is 31.4 Å². The number of ether oxygens (including phenoxy) is 1. The van der Waals surface area contributed by atoms with Gasteiger partial charge in [0.05, 0.1) is 6.61 Å². The smallest absolute Gasteiger partial charge is 0.354 e. The normalized spacial score (nSPS) is 10.3. The van der Waals surface area contributed by atoms with E-state index in [0.717, 1.165) is 19.3 Å². The summed E-state index contributed by atoms with van der Waals surface area (Å²) in [4.78, 5) is 25.3. The van der Waals surface area contributed by atoms with Crippen LogP contribution in [0.1, 0.15) is 66.4 Å². The van der Waals surface area contributed by atoms with Crippen molar-refractivity contribution >= 4 is 11.9 Å². The van der Waals surface area contributed by atoms with Crippen LogP contribution in [0.15, 0.2) is 12.1 Å². The van der Waals surface area contributed by atoms with Gasteiger partial charge >= 0.3 is 11.9 Å². The lowest BCUT2D eigenvalue weighted by Gasteiger charge is -2.08. The number of aromatic nitrogens is 1. The molecule has 116 valence electrons. The molecule has 1 rings (SSSR count). The fourth-order valence-electron chi connectivity index (χ4n) is 1.88. The molecule has 1 aromatic heterocycles. The molecule has 0 unspecified atom stereocenters. The number of nitrogens with zero attached hydrogens (tertiary/aromatic N) is 1. The predicted octanol–water partition coefficient (Wildman–Crippen LogP) is 3.22. The molecule has 1 aromatic rings. The SMILES string of the molecule is CCCCCCCCOc1cc(C(=O)O)nc(C(=O)O)c1. The minimum atomic E-state index is -1.28. The highest BCUT2D eigenvalue weighted by molar-refractivity contribution is 5.90. The van der Waals surface area contributed by atoms with Crippen LogP contribution >= 0.6 is 0 Å². The van der Waals surface area contributed by atoms with Gasteiger partial charge in [-0.3, -0.25) is 0 Å². The highest BCUT2D eigenvalue weighted by Crippen LogP contribution is 2.16. The molecule has 0 saturated heterocycles. The van der Waals surface area contributed by atoms with E-state index in [9.17, 15) is 9.59 Å². The molecular formula is C15H21NO5. The van der Waals surface area contributed by atoms with Crippen LogP contribution in [0.2, 0.25) is 0 Å². The molecule has 2 N–H and O–H groups in total. The van der Waals surface area contributed by atoms with Gasteiger partial charge in [-0.05, 0) is 6.42 Å².